The lowest BCUT2D eigenvalue weighted by Crippen LogP contribution is -2.50. The number of nitrogens with zero attached hydrogens (tertiary/aromatic N) is 1. The van der Waals surface area contributed by atoms with Gasteiger partial charge in [0, 0.05) is 18.5 Å². The van der Waals surface area contributed by atoms with Crippen molar-refractivity contribution in [3.8, 4) is 0 Å². The zero-order valence-electron chi connectivity index (χ0n) is 10.7. The molecule has 1 unspecified atom stereocenters. The minimum absolute atomic E-state index is 0.164. The number of para-hydroxylation sites is 1. The van der Waals surface area contributed by atoms with E-state index in [-0.39, 0.29) is 11.8 Å². The monoisotopic (exact) mass is 274 g/mol. The highest BCUT2D eigenvalue weighted by molar-refractivity contribution is 6.06. The summed E-state index contributed by atoms with van der Waals surface area (Å²) in [6, 6.07) is 5.66. The molecule has 2 N–H and O–H groups in total. The van der Waals surface area contributed by atoms with Crippen molar-refractivity contribution < 1.29 is 19.5 Å². The second-order valence-corrected chi connectivity index (χ2v) is 5.05. The van der Waals surface area contributed by atoms with Crippen LogP contribution in [-0.4, -0.2) is 35.0 Å². The van der Waals surface area contributed by atoms with Gasteiger partial charge in [0.05, 0.1) is 0 Å². The highest BCUT2D eigenvalue weighted by atomic mass is 16.4. The van der Waals surface area contributed by atoms with Crippen LogP contribution in [-0.2, 0) is 20.8 Å². The molecule has 0 spiro atoms. The molecule has 1 aromatic carbocycles. The number of rotatable bonds is 2. The van der Waals surface area contributed by atoms with E-state index in [1.54, 1.807) is 12.1 Å². The molecule has 6 nitrogen and oxygen atoms in total. The zero-order chi connectivity index (χ0) is 14.3. The third-order valence-corrected chi connectivity index (χ3v) is 3.79. The summed E-state index contributed by atoms with van der Waals surface area (Å²) < 4.78 is 0. The van der Waals surface area contributed by atoms with Crippen molar-refractivity contribution in [3.63, 3.8) is 0 Å². The summed E-state index contributed by atoms with van der Waals surface area (Å²) in [7, 11) is 0. The number of carbonyl (C=O) groups excluding carboxylic acids is 2. The van der Waals surface area contributed by atoms with Crippen LogP contribution in [0.25, 0.3) is 0 Å². The van der Waals surface area contributed by atoms with Gasteiger partial charge >= 0.3 is 5.97 Å². The highest BCUT2D eigenvalue weighted by Crippen LogP contribution is 2.33. The first-order chi connectivity index (χ1) is 9.58. The third kappa shape index (κ3) is 1.93. The Labute approximate surface area is 115 Å². The van der Waals surface area contributed by atoms with Crippen molar-refractivity contribution in [1.82, 2.24) is 5.32 Å². The van der Waals surface area contributed by atoms with Gasteiger partial charge in [-0.15, -0.1) is 0 Å². The second kappa shape index (κ2) is 4.63. The molecule has 0 saturated carbocycles. The summed E-state index contributed by atoms with van der Waals surface area (Å²) in [6.07, 6.45) is 1.03. The van der Waals surface area contributed by atoms with Gasteiger partial charge in [-0.3, -0.25) is 14.5 Å². The largest absolute Gasteiger partial charge is 0.480 e. The Balaban J connectivity index is 1.94. The molecule has 1 saturated heterocycles. The van der Waals surface area contributed by atoms with E-state index in [0.29, 0.717) is 24.9 Å². The van der Waals surface area contributed by atoms with Gasteiger partial charge in [0.25, 0.3) is 0 Å². The van der Waals surface area contributed by atoms with Gasteiger partial charge in [-0.25, -0.2) is 4.79 Å². The molecule has 20 heavy (non-hydrogen) atoms. The van der Waals surface area contributed by atoms with E-state index in [9.17, 15) is 19.5 Å². The van der Waals surface area contributed by atoms with Crippen molar-refractivity contribution in [2.45, 2.75) is 31.3 Å². The summed E-state index contributed by atoms with van der Waals surface area (Å²) in [4.78, 5) is 36.5. The number of carboxylic acid groups (broad SMARTS) is 1. The molecular formula is C14H14N2O4. The predicted molar refractivity (Wildman–Crippen MR) is 70.2 cm³/mol. The molecule has 0 aliphatic carbocycles. The van der Waals surface area contributed by atoms with Gasteiger partial charge in [0.15, 0.2) is 0 Å². The number of hydrogen-bond acceptors (Lipinski definition) is 3. The predicted octanol–water partition coefficient (Wildman–Crippen LogP) is 0.308. The lowest BCUT2D eigenvalue weighted by molar-refractivity contribution is -0.140. The van der Waals surface area contributed by atoms with Gasteiger partial charge in [0.1, 0.15) is 12.1 Å². The topological polar surface area (TPSA) is 86.7 Å². The maximum atomic E-state index is 12.5. The van der Waals surface area contributed by atoms with Crippen LogP contribution in [0.4, 0.5) is 5.69 Å². The number of fused-ring (bicyclic) bond motifs is 1. The zero-order valence-corrected chi connectivity index (χ0v) is 10.7. The number of amides is 2. The van der Waals surface area contributed by atoms with Crippen molar-refractivity contribution >= 4 is 23.5 Å². The maximum Gasteiger partial charge on any atom is 0.327 e. The van der Waals surface area contributed by atoms with Crippen LogP contribution < -0.4 is 10.2 Å². The van der Waals surface area contributed by atoms with Gasteiger partial charge < -0.3 is 10.4 Å². The molecule has 1 fully saturated rings. The van der Waals surface area contributed by atoms with Crippen LogP contribution in [0.5, 0.6) is 0 Å². The molecular weight excluding hydrogens is 260 g/mol. The standard InChI is InChI=1S/C14H14N2O4/c17-12-6-5-9(15-12)13(18)16-10-4-2-1-3-8(10)7-11(16)14(19)20/h1-4,9,11H,5-7H2,(H,15,17)(H,19,20)/t9-,11?/m1/s1. The van der Waals surface area contributed by atoms with Gasteiger partial charge in [-0.1, -0.05) is 18.2 Å². The Morgan fingerprint density at radius 2 is 2.05 bits per heavy atom. The SMILES string of the molecule is O=C1CC[C@H](C(=O)N2c3ccccc3CC2C(=O)O)N1. The number of nitrogens with one attached hydrogen (secondary N) is 1. The molecule has 0 aromatic heterocycles. The number of anilines is 1. The Bertz CT molecular complexity index is 599. The summed E-state index contributed by atoms with van der Waals surface area (Å²) in [5.41, 5.74) is 1.48. The lowest BCUT2D eigenvalue weighted by atomic mass is 10.1. The van der Waals surface area contributed by atoms with Crippen molar-refractivity contribution in [2.75, 3.05) is 4.90 Å². The molecule has 2 aliphatic heterocycles. The Morgan fingerprint density at radius 3 is 2.70 bits per heavy atom. The van der Waals surface area contributed by atoms with Crippen LogP contribution in [0.15, 0.2) is 24.3 Å². The molecule has 3 rings (SSSR count). The second-order valence-electron chi connectivity index (χ2n) is 5.05. The fourth-order valence-corrected chi connectivity index (χ4v) is 2.82. The van der Waals surface area contributed by atoms with E-state index >= 15 is 0 Å². The summed E-state index contributed by atoms with van der Waals surface area (Å²) in [5, 5.41) is 11.9. The average Bonchev–Trinajstić information content (AvgIpc) is 3.01. The van der Waals surface area contributed by atoms with E-state index in [4.69, 9.17) is 0 Å². The molecule has 2 aliphatic rings. The van der Waals surface area contributed by atoms with Crippen LogP contribution in [0.3, 0.4) is 0 Å². The Hall–Kier alpha value is -2.37. The summed E-state index contributed by atoms with van der Waals surface area (Å²) in [5.74, 6) is -1.53. The normalized spacial score (nSPS) is 24.4. The molecule has 104 valence electrons. The lowest BCUT2D eigenvalue weighted by Gasteiger charge is -2.25. The number of hydrogen-bond donors (Lipinski definition) is 2. The van der Waals surface area contributed by atoms with Crippen LogP contribution in [0.1, 0.15) is 18.4 Å². The van der Waals surface area contributed by atoms with Crippen LogP contribution >= 0.6 is 0 Å². The van der Waals surface area contributed by atoms with Crippen molar-refractivity contribution in [3.05, 3.63) is 29.8 Å². The Morgan fingerprint density at radius 1 is 1.30 bits per heavy atom. The van der Waals surface area contributed by atoms with Gasteiger partial charge in [0.2, 0.25) is 11.8 Å². The summed E-state index contributed by atoms with van der Waals surface area (Å²) in [6.45, 7) is 0. The van der Waals surface area contributed by atoms with Crippen LogP contribution in [0.2, 0.25) is 0 Å². The number of aliphatic carboxylic acids is 1. The fraction of sp³-hybridized carbons (Fsp3) is 0.357. The Kier molecular flexibility index (Phi) is 2.93. The molecule has 2 amide bonds. The minimum atomic E-state index is -1.03. The highest BCUT2D eigenvalue weighted by Gasteiger charge is 2.42. The van der Waals surface area contributed by atoms with Gasteiger partial charge in [-0.05, 0) is 18.1 Å². The molecule has 0 bridgehead atoms. The van der Waals surface area contributed by atoms with E-state index in [1.165, 1.54) is 4.90 Å². The van der Waals surface area contributed by atoms with E-state index in [0.717, 1.165) is 5.56 Å². The van der Waals surface area contributed by atoms with E-state index in [1.807, 2.05) is 12.1 Å². The molecule has 0 radical (unpaired) electrons. The quantitative estimate of drug-likeness (QED) is 0.812. The first-order valence-electron chi connectivity index (χ1n) is 6.51. The minimum Gasteiger partial charge on any atom is -0.480 e. The molecule has 2 atom stereocenters. The number of carboxylic acids is 1. The van der Waals surface area contributed by atoms with Gasteiger partial charge in [-0.2, -0.15) is 0 Å². The first kappa shape index (κ1) is 12.7. The first-order valence-corrected chi connectivity index (χ1v) is 6.51. The molecule has 6 heteroatoms. The van der Waals surface area contributed by atoms with Crippen molar-refractivity contribution in [1.29, 1.82) is 0 Å². The van der Waals surface area contributed by atoms with Crippen LogP contribution in [0, 0.1) is 0 Å². The third-order valence-electron chi connectivity index (χ3n) is 3.79. The number of benzene rings is 1. The van der Waals surface area contributed by atoms with E-state index < -0.39 is 18.1 Å². The molecule has 1 aromatic rings. The summed E-state index contributed by atoms with van der Waals surface area (Å²) >= 11 is 0. The van der Waals surface area contributed by atoms with Crippen molar-refractivity contribution in [2.24, 2.45) is 0 Å². The smallest absolute Gasteiger partial charge is 0.327 e. The van der Waals surface area contributed by atoms with E-state index in [2.05, 4.69) is 5.32 Å². The average molecular weight is 274 g/mol. The fourth-order valence-electron chi connectivity index (χ4n) is 2.82. The maximum absolute atomic E-state index is 12.5. The molecule has 2 heterocycles. The number of carbonyl (C=O) groups is 3.